The molecule has 0 unspecified atom stereocenters. The quantitative estimate of drug-likeness (QED) is 0.772. The van der Waals surface area contributed by atoms with Crippen LogP contribution in [0.2, 0.25) is 0 Å². The molecular weight excluding hydrogens is 343 g/mol. The molecule has 0 saturated heterocycles. The highest BCUT2D eigenvalue weighted by atomic mass is 19.1. The van der Waals surface area contributed by atoms with E-state index in [1.54, 1.807) is 23.1 Å². The van der Waals surface area contributed by atoms with Gasteiger partial charge in [-0.3, -0.25) is 9.59 Å². The van der Waals surface area contributed by atoms with Crippen molar-refractivity contribution in [3.63, 3.8) is 0 Å². The van der Waals surface area contributed by atoms with Crippen LogP contribution >= 0.6 is 0 Å². The highest BCUT2D eigenvalue weighted by Gasteiger charge is 2.28. The number of rotatable bonds is 8. The van der Waals surface area contributed by atoms with Gasteiger partial charge < -0.3 is 10.2 Å². The maximum absolute atomic E-state index is 14.0. The lowest BCUT2D eigenvalue weighted by Crippen LogP contribution is -2.49. The van der Waals surface area contributed by atoms with Crippen LogP contribution in [0.1, 0.15) is 37.0 Å². The Kier molecular flexibility index (Phi) is 7.53. The first-order valence-corrected chi connectivity index (χ1v) is 9.32. The van der Waals surface area contributed by atoms with Gasteiger partial charge in [0.15, 0.2) is 0 Å². The second-order valence-electron chi connectivity index (χ2n) is 6.59. The fraction of sp³-hybridized carbons (Fsp3) is 0.364. The first kappa shape index (κ1) is 20.6. The van der Waals surface area contributed by atoms with Gasteiger partial charge in [-0.05, 0) is 37.5 Å². The van der Waals surface area contributed by atoms with Crippen LogP contribution in [-0.2, 0) is 22.6 Å². The fourth-order valence-corrected chi connectivity index (χ4v) is 3.01. The number of aryl methyl sites for hydroxylation is 1. The summed E-state index contributed by atoms with van der Waals surface area (Å²) < 4.78 is 14.0. The molecule has 27 heavy (non-hydrogen) atoms. The molecule has 1 N–H and O–H groups in total. The van der Waals surface area contributed by atoms with Gasteiger partial charge in [0.25, 0.3) is 0 Å². The summed E-state index contributed by atoms with van der Waals surface area (Å²) in [4.78, 5) is 27.1. The molecule has 0 bridgehead atoms. The summed E-state index contributed by atoms with van der Waals surface area (Å²) in [6.07, 6.45) is 0.412. The number of benzene rings is 2. The third-order valence-electron chi connectivity index (χ3n) is 4.51. The van der Waals surface area contributed by atoms with E-state index in [-0.39, 0.29) is 18.2 Å². The topological polar surface area (TPSA) is 49.4 Å². The molecular formula is C22H27FN2O2. The Hall–Kier alpha value is -2.69. The van der Waals surface area contributed by atoms with Crippen molar-refractivity contribution in [3.8, 4) is 0 Å². The molecule has 144 valence electrons. The zero-order valence-corrected chi connectivity index (χ0v) is 16.2. The molecule has 4 nitrogen and oxygen atoms in total. The lowest BCUT2D eigenvalue weighted by Gasteiger charge is -2.30. The molecule has 0 aliphatic carbocycles. The molecule has 2 amide bonds. The maximum atomic E-state index is 14.0. The van der Waals surface area contributed by atoms with Crippen LogP contribution < -0.4 is 5.32 Å². The zero-order valence-electron chi connectivity index (χ0n) is 16.2. The number of carbonyl (C=O) groups excluding carboxylic acids is 2. The summed E-state index contributed by atoms with van der Waals surface area (Å²) in [5.41, 5.74) is 2.39. The molecule has 2 aromatic rings. The van der Waals surface area contributed by atoms with Crippen LogP contribution in [0, 0.1) is 12.7 Å². The van der Waals surface area contributed by atoms with Crippen LogP contribution in [-0.4, -0.2) is 29.3 Å². The summed E-state index contributed by atoms with van der Waals surface area (Å²) >= 11 is 0. The van der Waals surface area contributed by atoms with Gasteiger partial charge >= 0.3 is 0 Å². The number of hydrogen-bond acceptors (Lipinski definition) is 2. The predicted molar refractivity (Wildman–Crippen MR) is 105 cm³/mol. The van der Waals surface area contributed by atoms with E-state index < -0.39 is 11.9 Å². The Morgan fingerprint density at radius 3 is 2.33 bits per heavy atom. The van der Waals surface area contributed by atoms with Gasteiger partial charge in [0.1, 0.15) is 11.9 Å². The number of hydrogen-bond donors (Lipinski definition) is 1. The molecule has 1 atom stereocenters. The lowest BCUT2D eigenvalue weighted by molar-refractivity contribution is -0.140. The summed E-state index contributed by atoms with van der Waals surface area (Å²) in [6, 6.07) is 13.5. The largest absolute Gasteiger partial charge is 0.355 e. The lowest BCUT2D eigenvalue weighted by atomic mass is 10.1. The number of carbonyl (C=O) groups is 2. The summed E-state index contributed by atoms with van der Waals surface area (Å²) in [5, 5.41) is 2.80. The third kappa shape index (κ3) is 5.64. The van der Waals surface area contributed by atoms with E-state index in [9.17, 15) is 14.0 Å². The van der Waals surface area contributed by atoms with Crippen molar-refractivity contribution in [2.45, 2.75) is 46.2 Å². The number of likely N-dealkylation sites (N-methyl/N-ethyl adjacent to an activating group) is 1. The van der Waals surface area contributed by atoms with E-state index in [0.717, 1.165) is 11.1 Å². The molecule has 0 aliphatic rings. The van der Waals surface area contributed by atoms with E-state index in [4.69, 9.17) is 0 Å². The second-order valence-corrected chi connectivity index (χ2v) is 6.59. The fourth-order valence-electron chi connectivity index (χ4n) is 3.01. The molecule has 5 heteroatoms. The van der Waals surface area contributed by atoms with Crippen LogP contribution in [0.15, 0.2) is 48.5 Å². The van der Waals surface area contributed by atoms with Crippen LogP contribution in [0.25, 0.3) is 0 Å². The Morgan fingerprint density at radius 1 is 1.07 bits per heavy atom. The molecule has 0 saturated carbocycles. The number of nitrogens with one attached hydrogen (secondary N) is 1. The summed E-state index contributed by atoms with van der Waals surface area (Å²) in [5.74, 6) is -0.861. The van der Waals surface area contributed by atoms with Gasteiger partial charge in [-0.2, -0.15) is 0 Å². The highest BCUT2D eigenvalue weighted by Crippen LogP contribution is 2.16. The van der Waals surface area contributed by atoms with Crippen molar-refractivity contribution in [3.05, 3.63) is 71.0 Å². The monoisotopic (exact) mass is 370 g/mol. The number of nitrogens with zero attached hydrogens (tertiary/aromatic N) is 1. The van der Waals surface area contributed by atoms with Crippen molar-refractivity contribution in [1.29, 1.82) is 0 Å². The minimum atomic E-state index is -0.592. The Labute approximate surface area is 160 Å². The van der Waals surface area contributed by atoms with Crippen LogP contribution in [0.3, 0.4) is 0 Å². The van der Waals surface area contributed by atoms with Crippen molar-refractivity contribution in [2.24, 2.45) is 0 Å². The minimum Gasteiger partial charge on any atom is -0.355 e. The Morgan fingerprint density at radius 2 is 1.74 bits per heavy atom. The molecule has 0 aromatic heterocycles. The molecule has 0 spiro atoms. The van der Waals surface area contributed by atoms with Gasteiger partial charge in [0.05, 0.1) is 6.42 Å². The summed E-state index contributed by atoms with van der Waals surface area (Å²) in [6.45, 7) is 6.52. The average molecular weight is 370 g/mol. The molecule has 0 heterocycles. The minimum absolute atomic E-state index is 0.0750. The van der Waals surface area contributed by atoms with Crippen molar-refractivity contribution in [1.82, 2.24) is 10.2 Å². The van der Waals surface area contributed by atoms with E-state index in [2.05, 4.69) is 5.32 Å². The average Bonchev–Trinajstić information content (AvgIpc) is 2.65. The van der Waals surface area contributed by atoms with Gasteiger partial charge in [-0.1, -0.05) is 55.0 Å². The number of halogens is 1. The SMILES string of the molecule is CCNC(=O)[C@@H](CC)N(Cc1ccc(C)cc1)C(=O)Cc1ccccc1F. The Bertz CT molecular complexity index is 774. The normalized spacial score (nSPS) is 11.7. The highest BCUT2D eigenvalue weighted by molar-refractivity contribution is 5.88. The van der Waals surface area contributed by atoms with E-state index in [0.29, 0.717) is 25.1 Å². The smallest absolute Gasteiger partial charge is 0.242 e. The molecule has 0 radical (unpaired) electrons. The predicted octanol–water partition coefficient (Wildman–Crippen LogP) is 3.62. The standard InChI is InChI=1S/C22H27FN2O2/c1-4-20(22(27)24-5-2)25(15-17-12-10-16(3)11-13-17)21(26)14-18-8-6-7-9-19(18)23/h6-13,20H,4-5,14-15H2,1-3H3,(H,24,27)/t20-/m1/s1. The zero-order chi connectivity index (χ0) is 19.8. The van der Waals surface area contributed by atoms with E-state index >= 15 is 0 Å². The van der Waals surface area contributed by atoms with Gasteiger partial charge in [-0.25, -0.2) is 4.39 Å². The van der Waals surface area contributed by atoms with Crippen molar-refractivity contribution >= 4 is 11.8 Å². The maximum Gasteiger partial charge on any atom is 0.242 e. The van der Waals surface area contributed by atoms with Crippen LogP contribution in [0.4, 0.5) is 4.39 Å². The number of amides is 2. The van der Waals surface area contributed by atoms with Gasteiger partial charge in [-0.15, -0.1) is 0 Å². The van der Waals surface area contributed by atoms with Crippen molar-refractivity contribution < 1.29 is 14.0 Å². The Balaban J connectivity index is 2.29. The second kappa shape index (κ2) is 9.86. The molecule has 2 rings (SSSR count). The molecule has 0 aliphatic heterocycles. The van der Waals surface area contributed by atoms with E-state index in [1.165, 1.54) is 6.07 Å². The first-order chi connectivity index (χ1) is 13.0. The van der Waals surface area contributed by atoms with Gasteiger partial charge in [0.2, 0.25) is 11.8 Å². The third-order valence-corrected chi connectivity index (χ3v) is 4.51. The molecule has 2 aromatic carbocycles. The van der Waals surface area contributed by atoms with Crippen LogP contribution in [0.5, 0.6) is 0 Å². The van der Waals surface area contributed by atoms with Gasteiger partial charge in [0, 0.05) is 13.1 Å². The van der Waals surface area contributed by atoms with Crippen molar-refractivity contribution in [2.75, 3.05) is 6.54 Å². The van der Waals surface area contributed by atoms with E-state index in [1.807, 2.05) is 45.0 Å². The first-order valence-electron chi connectivity index (χ1n) is 9.32. The summed E-state index contributed by atoms with van der Waals surface area (Å²) in [7, 11) is 0. The molecule has 0 fully saturated rings.